The summed E-state index contributed by atoms with van der Waals surface area (Å²) in [6.45, 7) is 0. The molecule has 0 aliphatic heterocycles. The molecule has 0 amide bonds. The molecule has 4 aliphatic rings. The van der Waals surface area contributed by atoms with Crippen LogP contribution in [0.15, 0.2) is 0 Å². The maximum absolute atomic E-state index is 13.0. The van der Waals surface area contributed by atoms with Gasteiger partial charge in [-0.05, 0) is 24.2 Å². The maximum Gasteiger partial charge on any atom is 0.108 e. The van der Waals surface area contributed by atoms with E-state index in [1.54, 1.807) is 0 Å². The minimum atomic E-state index is -0.525. The second-order valence-electron chi connectivity index (χ2n) is 3.61. The van der Waals surface area contributed by atoms with Crippen molar-refractivity contribution in [1.82, 2.24) is 0 Å². The van der Waals surface area contributed by atoms with E-state index >= 15 is 0 Å². The number of alkyl halides is 2. The zero-order valence-corrected chi connectivity index (χ0v) is 5.68. The quantitative estimate of drug-likeness (QED) is 0.458. The molecule has 0 nitrogen and oxygen atoms in total. The summed E-state index contributed by atoms with van der Waals surface area (Å²) in [7, 11) is 0. The molecule has 4 fully saturated rings. The van der Waals surface area contributed by atoms with E-state index in [0.717, 1.165) is 6.42 Å². The summed E-state index contributed by atoms with van der Waals surface area (Å²) in [5, 5.41) is 0.204. The lowest BCUT2D eigenvalue weighted by Gasteiger charge is -2.06. The van der Waals surface area contributed by atoms with Crippen molar-refractivity contribution in [2.45, 2.75) is 18.0 Å². The Morgan fingerprint density at radius 1 is 1.22 bits per heavy atom. The number of rotatable bonds is 0. The van der Waals surface area contributed by atoms with Crippen LogP contribution < -0.4 is 0 Å². The molecule has 0 heterocycles. The van der Waals surface area contributed by atoms with Crippen LogP contribution in [0.1, 0.15) is 6.42 Å². The number of halogens is 2. The Labute approximate surface area is 58.4 Å². The first-order valence-corrected chi connectivity index (χ1v) is 4.02. The summed E-state index contributed by atoms with van der Waals surface area (Å²) in [6, 6.07) is 0. The van der Waals surface area contributed by atoms with E-state index in [9.17, 15) is 4.39 Å². The Morgan fingerprint density at radius 3 is 2.11 bits per heavy atom. The van der Waals surface area contributed by atoms with Crippen LogP contribution in [0.5, 0.6) is 0 Å². The van der Waals surface area contributed by atoms with E-state index in [-0.39, 0.29) is 11.3 Å². The third-order valence-electron chi connectivity index (χ3n) is 3.39. The third-order valence-corrected chi connectivity index (χ3v) is 4.00. The number of hydrogen-bond acceptors (Lipinski definition) is 0. The van der Waals surface area contributed by atoms with Crippen molar-refractivity contribution in [1.29, 1.82) is 0 Å². The first-order chi connectivity index (χ1) is 4.30. The van der Waals surface area contributed by atoms with Gasteiger partial charge >= 0.3 is 0 Å². The summed E-state index contributed by atoms with van der Waals surface area (Å²) in [5.41, 5.74) is 0. The molecule has 9 heavy (non-hydrogen) atoms. The number of hydrogen-bond donors (Lipinski definition) is 0. The highest BCUT2D eigenvalue weighted by Gasteiger charge is 2.73. The van der Waals surface area contributed by atoms with Gasteiger partial charge in [-0.3, -0.25) is 0 Å². The molecule has 0 unspecified atom stereocenters. The van der Waals surface area contributed by atoms with Crippen LogP contribution in [0.4, 0.5) is 4.39 Å². The van der Waals surface area contributed by atoms with Crippen LogP contribution in [-0.4, -0.2) is 11.5 Å². The molecule has 4 aliphatic carbocycles. The molecule has 4 rings (SSSR count). The monoisotopic (exact) mass is 146 g/mol. The molecule has 50 valence electrons. The van der Waals surface area contributed by atoms with Gasteiger partial charge < -0.3 is 0 Å². The predicted molar refractivity (Wildman–Crippen MR) is 33.1 cm³/mol. The molecule has 4 bridgehead atoms. The van der Waals surface area contributed by atoms with Gasteiger partial charge in [-0.2, -0.15) is 0 Å². The van der Waals surface area contributed by atoms with Crippen molar-refractivity contribution >= 4 is 11.6 Å². The van der Waals surface area contributed by atoms with Gasteiger partial charge in [-0.25, -0.2) is 4.39 Å². The van der Waals surface area contributed by atoms with E-state index in [1.807, 2.05) is 0 Å². The molecule has 0 spiro atoms. The molecule has 0 aromatic carbocycles. The van der Waals surface area contributed by atoms with Gasteiger partial charge in [0.05, 0.1) is 0 Å². The van der Waals surface area contributed by atoms with Crippen molar-refractivity contribution in [3.05, 3.63) is 0 Å². The average molecular weight is 147 g/mol. The Hall–Kier alpha value is 0.220. The zero-order valence-electron chi connectivity index (χ0n) is 4.93. The standard InChI is InChI=1S/C7H8ClF/c8-6-3-1-2-4(6)5(2)7(3)9/h2-7H,1H2/t2-,3+,4-,5+,6-,7+/m1/s1. The van der Waals surface area contributed by atoms with Gasteiger partial charge in [0, 0.05) is 11.3 Å². The van der Waals surface area contributed by atoms with Crippen LogP contribution >= 0.6 is 11.6 Å². The first kappa shape index (κ1) is 4.95. The van der Waals surface area contributed by atoms with E-state index in [1.165, 1.54) is 0 Å². The lowest BCUT2D eigenvalue weighted by atomic mass is 10.1. The molecule has 0 aromatic heterocycles. The highest BCUT2D eigenvalue weighted by Crippen LogP contribution is 2.72. The van der Waals surface area contributed by atoms with Crippen LogP contribution in [-0.2, 0) is 0 Å². The highest BCUT2D eigenvalue weighted by molar-refractivity contribution is 6.21. The molecule has 2 heteroatoms. The molecule has 0 N–H and O–H groups in total. The van der Waals surface area contributed by atoms with Gasteiger partial charge in [-0.15, -0.1) is 11.6 Å². The third kappa shape index (κ3) is 0.348. The largest absolute Gasteiger partial charge is 0.247 e. The molecule has 0 aromatic rings. The minimum absolute atomic E-state index is 0.204. The Morgan fingerprint density at radius 2 is 2.00 bits per heavy atom. The van der Waals surface area contributed by atoms with Crippen molar-refractivity contribution in [2.75, 3.05) is 0 Å². The Balaban J connectivity index is 2.07. The molecular formula is C7H8ClF. The summed E-state index contributed by atoms with van der Waals surface area (Å²) >= 11 is 5.95. The fourth-order valence-electron chi connectivity index (χ4n) is 2.96. The van der Waals surface area contributed by atoms with E-state index in [0.29, 0.717) is 17.8 Å². The SMILES string of the molecule is F[C@H]1[C@H]2C[C@@H]3[C@@H]([C@@H]2Cl)[C@@H]13. The van der Waals surface area contributed by atoms with Gasteiger partial charge in [-0.1, -0.05) is 0 Å². The summed E-state index contributed by atoms with van der Waals surface area (Å²) < 4.78 is 13.0. The fourth-order valence-corrected chi connectivity index (χ4v) is 3.56. The highest BCUT2D eigenvalue weighted by atomic mass is 35.5. The van der Waals surface area contributed by atoms with E-state index < -0.39 is 6.17 Å². The van der Waals surface area contributed by atoms with Gasteiger partial charge in [0.15, 0.2) is 0 Å². The van der Waals surface area contributed by atoms with Gasteiger partial charge in [0.1, 0.15) is 6.17 Å². The summed E-state index contributed by atoms with van der Waals surface area (Å²) in [6.07, 6.45) is 0.562. The summed E-state index contributed by atoms with van der Waals surface area (Å²) in [4.78, 5) is 0. The van der Waals surface area contributed by atoms with Crippen LogP contribution in [0.25, 0.3) is 0 Å². The summed E-state index contributed by atoms with van der Waals surface area (Å²) in [5.74, 6) is 1.93. The second kappa shape index (κ2) is 1.16. The average Bonchev–Trinajstić information content (AvgIpc) is 2.18. The smallest absolute Gasteiger partial charge is 0.108 e. The van der Waals surface area contributed by atoms with Crippen LogP contribution in [0.2, 0.25) is 0 Å². The molecule has 6 atom stereocenters. The molecule has 0 radical (unpaired) electrons. The van der Waals surface area contributed by atoms with Crippen LogP contribution in [0, 0.1) is 23.7 Å². The fraction of sp³-hybridized carbons (Fsp3) is 1.00. The van der Waals surface area contributed by atoms with Gasteiger partial charge in [0.2, 0.25) is 0 Å². The normalized spacial score (nSPS) is 75.3. The second-order valence-corrected chi connectivity index (χ2v) is 4.11. The van der Waals surface area contributed by atoms with Crippen molar-refractivity contribution in [3.63, 3.8) is 0 Å². The van der Waals surface area contributed by atoms with E-state index in [4.69, 9.17) is 11.6 Å². The van der Waals surface area contributed by atoms with Crippen LogP contribution in [0.3, 0.4) is 0 Å². The molecule has 4 saturated carbocycles. The van der Waals surface area contributed by atoms with Crippen molar-refractivity contribution in [2.24, 2.45) is 23.7 Å². The molecular weight excluding hydrogens is 139 g/mol. The zero-order chi connectivity index (χ0) is 6.17. The lowest BCUT2D eigenvalue weighted by molar-refractivity contribution is 0.272. The topological polar surface area (TPSA) is 0 Å². The first-order valence-electron chi connectivity index (χ1n) is 3.59. The van der Waals surface area contributed by atoms with E-state index in [2.05, 4.69) is 0 Å². The van der Waals surface area contributed by atoms with Crippen molar-refractivity contribution in [3.8, 4) is 0 Å². The molecule has 0 saturated heterocycles. The van der Waals surface area contributed by atoms with Gasteiger partial charge in [0.25, 0.3) is 0 Å². The predicted octanol–water partition coefficient (Wildman–Crippen LogP) is 1.83. The Kier molecular flexibility index (Phi) is 0.638. The van der Waals surface area contributed by atoms with Crippen molar-refractivity contribution < 1.29 is 4.39 Å². The lowest BCUT2D eigenvalue weighted by Crippen LogP contribution is -2.11. The Bertz CT molecular complexity index is 150. The maximum atomic E-state index is 13.0. The minimum Gasteiger partial charge on any atom is -0.247 e.